The highest BCUT2D eigenvalue weighted by Gasteiger charge is 2.73. The van der Waals surface area contributed by atoms with E-state index in [0.717, 1.165) is 19.6 Å². The Kier molecular flexibility index (Phi) is 6.20. The zero-order chi connectivity index (χ0) is 19.7. The largest absolute Gasteiger partial charge is 0.459 e. The lowest BCUT2D eigenvalue weighted by atomic mass is 9.85. The summed E-state index contributed by atoms with van der Waals surface area (Å²) >= 11 is 0. The molecule has 1 rings (SSSR count). The molecule has 0 saturated heterocycles. The highest BCUT2D eigenvalue weighted by Crippen LogP contribution is 2.51. The maximum atomic E-state index is 13.8. The molecular formula is C17H21F7O. The van der Waals surface area contributed by atoms with Crippen LogP contribution in [0.25, 0.3) is 0 Å². The van der Waals surface area contributed by atoms with Crippen LogP contribution in [-0.4, -0.2) is 25.1 Å². The Balaban J connectivity index is 3.23. The van der Waals surface area contributed by atoms with Gasteiger partial charge in [0, 0.05) is 7.11 Å². The SMILES string of the molecule is COC(C)(CC(F)(F)C(F)(F)C(F)(F)F)c1cccc(CC(C)C)c1. The summed E-state index contributed by atoms with van der Waals surface area (Å²) in [6.45, 7) is 4.93. The Labute approximate surface area is 142 Å². The van der Waals surface area contributed by atoms with Crippen LogP contribution in [0.3, 0.4) is 0 Å². The van der Waals surface area contributed by atoms with Crippen molar-refractivity contribution in [3.63, 3.8) is 0 Å². The summed E-state index contributed by atoms with van der Waals surface area (Å²) in [4.78, 5) is 0. The maximum Gasteiger partial charge on any atom is 0.459 e. The van der Waals surface area contributed by atoms with Crippen molar-refractivity contribution in [2.45, 2.75) is 57.2 Å². The molecule has 0 radical (unpaired) electrons. The van der Waals surface area contributed by atoms with E-state index in [0.29, 0.717) is 6.42 Å². The first-order chi connectivity index (χ1) is 11.2. The third-order valence-corrected chi connectivity index (χ3v) is 4.01. The summed E-state index contributed by atoms with van der Waals surface area (Å²) in [6, 6.07) is 6.12. The molecule has 1 aromatic carbocycles. The minimum absolute atomic E-state index is 0.116. The van der Waals surface area contributed by atoms with Crippen LogP contribution in [-0.2, 0) is 16.8 Å². The highest BCUT2D eigenvalue weighted by molar-refractivity contribution is 5.29. The molecule has 8 heteroatoms. The minimum atomic E-state index is -6.36. The number of alkyl halides is 7. The second-order valence-electron chi connectivity index (χ2n) is 6.69. The van der Waals surface area contributed by atoms with Gasteiger partial charge in [0.15, 0.2) is 0 Å². The Hall–Kier alpha value is -1.31. The molecule has 0 N–H and O–H groups in total. The predicted molar refractivity (Wildman–Crippen MR) is 79.9 cm³/mol. The zero-order valence-corrected chi connectivity index (χ0v) is 14.4. The van der Waals surface area contributed by atoms with Crippen molar-refractivity contribution in [2.24, 2.45) is 5.92 Å². The van der Waals surface area contributed by atoms with Crippen molar-refractivity contribution < 1.29 is 35.5 Å². The monoisotopic (exact) mass is 374 g/mol. The number of ether oxygens (including phenoxy) is 1. The normalized spacial score (nSPS) is 16.2. The van der Waals surface area contributed by atoms with Gasteiger partial charge in [-0.05, 0) is 30.4 Å². The molecule has 0 spiro atoms. The Morgan fingerprint density at radius 2 is 1.56 bits per heavy atom. The molecule has 1 aromatic rings. The molecule has 1 nitrogen and oxygen atoms in total. The van der Waals surface area contributed by atoms with Crippen molar-refractivity contribution in [3.8, 4) is 0 Å². The van der Waals surface area contributed by atoms with E-state index >= 15 is 0 Å². The fraction of sp³-hybridized carbons (Fsp3) is 0.647. The lowest BCUT2D eigenvalue weighted by Gasteiger charge is -2.36. The number of hydrogen-bond donors (Lipinski definition) is 0. The van der Waals surface area contributed by atoms with E-state index in [4.69, 9.17) is 4.74 Å². The van der Waals surface area contributed by atoms with Crippen LogP contribution in [0.15, 0.2) is 24.3 Å². The molecule has 25 heavy (non-hydrogen) atoms. The van der Waals surface area contributed by atoms with Crippen molar-refractivity contribution in [1.82, 2.24) is 0 Å². The number of methoxy groups -OCH3 is 1. The third kappa shape index (κ3) is 4.65. The van der Waals surface area contributed by atoms with Gasteiger partial charge in [0.05, 0.1) is 12.0 Å². The fourth-order valence-corrected chi connectivity index (χ4v) is 2.53. The molecule has 144 valence electrons. The molecule has 0 bridgehead atoms. The van der Waals surface area contributed by atoms with Crippen LogP contribution < -0.4 is 0 Å². The standard InChI is InChI=1S/C17H21F7O/c1-11(2)8-12-6-5-7-13(9-12)14(3,25-4)10-15(18,19)16(20,21)17(22,23)24/h5-7,9,11H,8,10H2,1-4H3. The third-order valence-electron chi connectivity index (χ3n) is 4.01. The zero-order valence-electron chi connectivity index (χ0n) is 14.4. The molecule has 0 aromatic heterocycles. The number of benzene rings is 1. The average molecular weight is 374 g/mol. The molecule has 1 unspecified atom stereocenters. The average Bonchev–Trinajstić information content (AvgIpc) is 2.45. The Bertz CT molecular complexity index is 581. The molecule has 0 aliphatic carbocycles. The van der Waals surface area contributed by atoms with Crippen LogP contribution >= 0.6 is 0 Å². The van der Waals surface area contributed by atoms with Gasteiger partial charge in [0.25, 0.3) is 0 Å². The molecule has 1 atom stereocenters. The van der Waals surface area contributed by atoms with Crippen LogP contribution in [0, 0.1) is 5.92 Å². The van der Waals surface area contributed by atoms with Gasteiger partial charge in [-0.15, -0.1) is 0 Å². The summed E-state index contributed by atoms with van der Waals surface area (Å²) < 4.78 is 96.1. The van der Waals surface area contributed by atoms with E-state index in [1.807, 2.05) is 13.8 Å². The summed E-state index contributed by atoms with van der Waals surface area (Å²) in [5.41, 5.74) is -1.14. The van der Waals surface area contributed by atoms with Crippen LogP contribution in [0.1, 0.15) is 38.3 Å². The Morgan fingerprint density at radius 1 is 1.00 bits per heavy atom. The van der Waals surface area contributed by atoms with Gasteiger partial charge in [-0.2, -0.15) is 30.7 Å². The smallest absolute Gasteiger partial charge is 0.374 e. The first-order valence-corrected chi connectivity index (χ1v) is 7.63. The lowest BCUT2D eigenvalue weighted by molar-refractivity contribution is -0.361. The summed E-state index contributed by atoms with van der Waals surface area (Å²) in [6.07, 6.45) is -7.57. The molecular weight excluding hydrogens is 353 g/mol. The number of hydrogen-bond acceptors (Lipinski definition) is 1. The van der Waals surface area contributed by atoms with Gasteiger partial charge in [0.1, 0.15) is 0 Å². The lowest BCUT2D eigenvalue weighted by Crippen LogP contribution is -2.54. The van der Waals surface area contributed by atoms with Gasteiger partial charge in [-0.25, -0.2) is 0 Å². The number of halogens is 7. The quantitative estimate of drug-likeness (QED) is 0.534. The van der Waals surface area contributed by atoms with Gasteiger partial charge in [-0.1, -0.05) is 38.1 Å². The molecule has 0 amide bonds. The molecule has 0 aliphatic heterocycles. The Morgan fingerprint density at radius 3 is 2.00 bits per heavy atom. The van der Waals surface area contributed by atoms with Crippen molar-refractivity contribution in [2.75, 3.05) is 7.11 Å². The van der Waals surface area contributed by atoms with E-state index in [1.165, 1.54) is 18.2 Å². The van der Waals surface area contributed by atoms with E-state index in [-0.39, 0.29) is 11.5 Å². The second kappa shape index (κ2) is 7.13. The van der Waals surface area contributed by atoms with Crippen LogP contribution in [0.2, 0.25) is 0 Å². The fourth-order valence-electron chi connectivity index (χ4n) is 2.53. The van der Waals surface area contributed by atoms with E-state index < -0.39 is 30.0 Å². The van der Waals surface area contributed by atoms with Crippen molar-refractivity contribution in [1.29, 1.82) is 0 Å². The van der Waals surface area contributed by atoms with Gasteiger partial charge in [0.2, 0.25) is 0 Å². The van der Waals surface area contributed by atoms with Gasteiger partial charge >= 0.3 is 18.0 Å². The first kappa shape index (κ1) is 21.7. The molecule has 0 fully saturated rings. The summed E-state index contributed by atoms with van der Waals surface area (Å²) in [5.74, 6) is -11.2. The van der Waals surface area contributed by atoms with Crippen molar-refractivity contribution >= 4 is 0 Å². The molecule has 0 heterocycles. The van der Waals surface area contributed by atoms with Gasteiger partial charge in [-0.3, -0.25) is 0 Å². The number of rotatable bonds is 7. The minimum Gasteiger partial charge on any atom is -0.374 e. The van der Waals surface area contributed by atoms with E-state index in [9.17, 15) is 30.7 Å². The van der Waals surface area contributed by atoms with E-state index in [1.54, 1.807) is 6.07 Å². The molecule has 0 aliphatic rings. The van der Waals surface area contributed by atoms with E-state index in [2.05, 4.69) is 0 Å². The molecule has 0 saturated carbocycles. The van der Waals surface area contributed by atoms with Crippen molar-refractivity contribution in [3.05, 3.63) is 35.4 Å². The summed E-state index contributed by atoms with van der Waals surface area (Å²) in [5, 5.41) is 0. The maximum absolute atomic E-state index is 13.8. The van der Waals surface area contributed by atoms with Crippen LogP contribution in [0.4, 0.5) is 30.7 Å². The van der Waals surface area contributed by atoms with Gasteiger partial charge < -0.3 is 4.74 Å². The predicted octanol–water partition coefficient (Wildman–Crippen LogP) is 5.97. The first-order valence-electron chi connectivity index (χ1n) is 7.63. The summed E-state index contributed by atoms with van der Waals surface area (Å²) in [7, 11) is 0.997. The topological polar surface area (TPSA) is 9.23 Å². The highest BCUT2D eigenvalue weighted by atomic mass is 19.4. The second-order valence-corrected chi connectivity index (χ2v) is 6.69. The van der Waals surface area contributed by atoms with Crippen LogP contribution in [0.5, 0.6) is 0 Å².